The van der Waals surface area contributed by atoms with E-state index in [0.717, 1.165) is 27.1 Å². The molecule has 148 valence electrons. The summed E-state index contributed by atoms with van der Waals surface area (Å²) in [4.78, 5) is 23.8. The third-order valence-electron chi connectivity index (χ3n) is 4.49. The molecule has 0 bridgehead atoms. The fraction of sp³-hybridized carbons (Fsp3) is 0.136. The molecule has 3 rings (SSSR count). The Hall–Kier alpha value is -3.19. The zero-order valence-corrected chi connectivity index (χ0v) is 17.9. The van der Waals surface area contributed by atoms with Gasteiger partial charge in [-0.25, -0.2) is 10.2 Å². The molecule has 2 aromatic carbocycles. The van der Waals surface area contributed by atoms with Crippen molar-refractivity contribution in [1.82, 2.24) is 9.99 Å². The van der Waals surface area contributed by atoms with Crippen LogP contribution in [0.25, 0.3) is 5.69 Å². The Balaban J connectivity index is 1.77. The molecule has 0 aliphatic carbocycles. The van der Waals surface area contributed by atoms with Gasteiger partial charge in [0.05, 0.1) is 18.9 Å². The summed E-state index contributed by atoms with van der Waals surface area (Å²) >= 11 is 3.34. The van der Waals surface area contributed by atoms with Crippen LogP contribution < -0.4 is 5.43 Å². The lowest BCUT2D eigenvalue weighted by molar-refractivity contribution is 0.0600. The molecular weight excluding hydrogens is 434 g/mol. The Morgan fingerprint density at radius 1 is 1.03 bits per heavy atom. The molecule has 0 saturated heterocycles. The highest BCUT2D eigenvalue weighted by atomic mass is 79.9. The van der Waals surface area contributed by atoms with Crippen molar-refractivity contribution in [3.8, 4) is 5.69 Å². The van der Waals surface area contributed by atoms with Gasteiger partial charge in [0.15, 0.2) is 0 Å². The lowest BCUT2D eigenvalue weighted by Gasteiger charge is -2.10. The van der Waals surface area contributed by atoms with Gasteiger partial charge >= 0.3 is 5.97 Å². The van der Waals surface area contributed by atoms with Gasteiger partial charge < -0.3 is 9.30 Å². The molecule has 0 aliphatic heterocycles. The maximum absolute atomic E-state index is 12.2. The summed E-state index contributed by atoms with van der Waals surface area (Å²) in [5.41, 5.74) is 7.35. The normalized spacial score (nSPS) is 10.9. The molecule has 0 unspecified atom stereocenters. The van der Waals surface area contributed by atoms with E-state index in [1.807, 2.05) is 32.0 Å². The lowest BCUT2D eigenvalue weighted by atomic mass is 10.2. The molecule has 29 heavy (non-hydrogen) atoms. The number of aromatic nitrogens is 1. The molecule has 3 aromatic rings. The zero-order valence-electron chi connectivity index (χ0n) is 16.3. The van der Waals surface area contributed by atoms with Crippen LogP contribution in [-0.4, -0.2) is 29.8 Å². The smallest absolute Gasteiger partial charge is 0.337 e. The largest absolute Gasteiger partial charge is 0.465 e. The van der Waals surface area contributed by atoms with Gasteiger partial charge in [-0.05, 0) is 68.4 Å². The standard InChI is InChI=1S/C22H20BrN3O3/c1-14-12-18(13-24-25-21(27)16-4-8-19(23)9-5-16)15(2)26(14)20-10-6-17(7-11-20)22(28)29-3/h4-13H,1-3H3,(H,25,27)/b24-13-. The Labute approximate surface area is 177 Å². The van der Waals surface area contributed by atoms with E-state index in [2.05, 4.69) is 31.0 Å². The number of hydrogen-bond donors (Lipinski definition) is 1. The van der Waals surface area contributed by atoms with Gasteiger partial charge in [0.2, 0.25) is 0 Å². The third-order valence-corrected chi connectivity index (χ3v) is 5.02. The first-order valence-electron chi connectivity index (χ1n) is 8.87. The Bertz CT molecular complexity index is 1070. The zero-order chi connectivity index (χ0) is 21.0. The maximum Gasteiger partial charge on any atom is 0.337 e. The number of carbonyl (C=O) groups is 2. The van der Waals surface area contributed by atoms with E-state index < -0.39 is 0 Å². The van der Waals surface area contributed by atoms with Gasteiger partial charge in [0.25, 0.3) is 5.91 Å². The molecule has 1 N–H and O–H groups in total. The first-order valence-corrected chi connectivity index (χ1v) is 9.66. The highest BCUT2D eigenvalue weighted by Gasteiger charge is 2.11. The molecule has 0 aliphatic rings. The van der Waals surface area contributed by atoms with Crippen LogP contribution in [0.5, 0.6) is 0 Å². The van der Waals surface area contributed by atoms with Crippen molar-refractivity contribution in [3.05, 3.63) is 87.1 Å². The van der Waals surface area contributed by atoms with Crippen molar-refractivity contribution in [3.63, 3.8) is 0 Å². The summed E-state index contributed by atoms with van der Waals surface area (Å²) in [6.07, 6.45) is 1.62. The Morgan fingerprint density at radius 3 is 2.28 bits per heavy atom. The minimum atomic E-state index is -0.369. The number of methoxy groups -OCH3 is 1. The number of hydrazone groups is 1. The molecule has 1 amide bonds. The van der Waals surface area contributed by atoms with Gasteiger partial charge in [-0.1, -0.05) is 15.9 Å². The molecule has 6 nitrogen and oxygen atoms in total. The van der Waals surface area contributed by atoms with Crippen LogP contribution in [0.1, 0.15) is 37.7 Å². The maximum atomic E-state index is 12.2. The average Bonchev–Trinajstić information content (AvgIpc) is 3.01. The quantitative estimate of drug-likeness (QED) is 0.353. The predicted octanol–water partition coefficient (Wildman–Crippen LogP) is 4.41. The van der Waals surface area contributed by atoms with Crippen LogP contribution in [-0.2, 0) is 4.74 Å². The minimum absolute atomic E-state index is 0.277. The fourth-order valence-corrected chi connectivity index (χ4v) is 3.27. The number of amides is 1. The van der Waals surface area contributed by atoms with E-state index in [0.29, 0.717) is 11.1 Å². The van der Waals surface area contributed by atoms with Crippen LogP contribution in [0.4, 0.5) is 0 Å². The van der Waals surface area contributed by atoms with Crippen LogP contribution in [0.3, 0.4) is 0 Å². The molecule has 0 radical (unpaired) electrons. The van der Waals surface area contributed by atoms with Gasteiger partial charge in [-0.15, -0.1) is 0 Å². The van der Waals surface area contributed by atoms with E-state index in [4.69, 9.17) is 4.74 Å². The molecular formula is C22H20BrN3O3. The number of nitrogens with zero attached hydrogens (tertiary/aromatic N) is 2. The van der Waals surface area contributed by atoms with Gasteiger partial charge in [0, 0.05) is 32.7 Å². The second-order valence-corrected chi connectivity index (χ2v) is 7.32. The lowest BCUT2D eigenvalue weighted by Crippen LogP contribution is -2.17. The highest BCUT2D eigenvalue weighted by Crippen LogP contribution is 2.20. The second-order valence-electron chi connectivity index (χ2n) is 6.41. The van der Waals surface area contributed by atoms with Gasteiger partial charge in [-0.3, -0.25) is 4.79 Å². The van der Waals surface area contributed by atoms with E-state index in [1.165, 1.54) is 7.11 Å². The third kappa shape index (κ3) is 4.63. The van der Waals surface area contributed by atoms with Gasteiger partial charge in [0.1, 0.15) is 0 Å². The summed E-state index contributed by atoms with van der Waals surface area (Å²) in [5, 5.41) is 4.09. The number of nitrogens with one attached hydrogen (secondary N) is 1. The molecule has 1 aromatic heterocycles. The molecule has 1 heterocycles. The van der Waals surface area contributed by atoms with Gasteiger partial charge in [-0.2, -0.15) is 5.10 Å². The van der Waals surface area contributed by atoms with E-state index in [1.54, 1.807) is 42.6 Å². The Kier molecular flexibility index (Phi) is 6.29. The van der Waals surface area contributed by atoms with Crippen molar-refractivity contribution >= 4 is 34.0 Å². The first-order chi connectivity index (χ1) is 13.9. The van der Waals surface area contributed by atoms with Crippen molar-refractivity contribution < 1.29 is 14.3 Å². The number of benzene rings is 2. The number of rotatable bonds is 5. The number of ether oxygens (including phenoxy) is 1. The topological polar surface area (TPSA) is 72.7 Å². The predicted molar refractivity (Wildman–Crippen MR) is 116 cm³/mol. The molecule has 0 atom stereocenters. The van der Waals surface area contributed by atoms with Crippen LogP contribution >= 0.6 is 15.9 Å². The van der Waals surface area contributed by atoms with E-state index in [-0.39, 0.29) is 11.9 Å². The summed E-state index contributed by atoms with van der Waals surface area (Å²) in [5.74, 6) is -0.646. The number of hydrogen-bond acceptors (Lipinski definition) is 4. The average molecular weight is 454 g/mol. The minimum Gasteiger partial charge on any atom is -0.465 e. The molecule has 0 fully saturated rings. The Morgan fingerprint density at radius 2 is 1.66 bits per heavy atom. The van der Waals surface area contributed by atoms with Crippen molar-refractivity contribution in [2.45, 2.75) is 13.8 Å². The molecule has 0 spiro atoms. The first kappa shape index (κ1) is 20.5. The number of esters is 1. The summed E-state index contributed by atoms with van der Waals surface area (Å²) < 4.78 is 7.70. The second kappa shape index (κ2) is 8.87. The van der Waals surface area contributed by atoms with Crippen molar-refractivity contribution in [2.75, 3.05) is 7.11 Å². The van der Waals surface area contributed by atoms with E-state index in [9.17, 15) is 9.59 Å². The van der Waals surface area contributed by atoms with Crippen LogP contribution in [0, 0.1) is 13.8 Å². The van der Waals surface area contributed by atoms with Crippen molar-refractivity contribution in [1.29, 1.82) is 0 Å². The fourth-order valence-electron chi connectivity index (χ4n) is 3.01. The molecule has 7 heteroatoms. The number of halogens is 1. The van der Waals surface area contributed by atoms with Crippen LogP contribution in [0.15, 0.2) is 64.2 Å². The van der Waals surface area contributed by atoms with Crippen molar-refractivity contribution in [2.24, 2.45) is 5.10 Å². The van der Waals surface area contributed by atoms with Crippen LogP contribution in [0.2, 0.25) is 0 Å². The highest BCUT2D eigenvalue weighted by molar-refractivity contribution is 9.10. The number of carbonyl (C=O) groups excluding carboxylic acids is 2. The summed E-state index contributed by atoms with van der Waals surface area (Å²) in [6.45, 7) is 3.96. The van der Waals surface area contributed by atoms with E-state index >= 15 is 0 Å². The monoisotopic (exact) mass is 453 g/mol. The summed E-state index contributed by atoms with van der Waals surface area (Å²) in [7, 11) is 1.36. The SMILES string of the molecule is COC(=O)c1ccc(-n2c(C)cc(/C=N\NC(=O)c3ccc(Br)cc3)c2C)cc1. The molecule has 0 saturated carbocycles. The summed E-state index contributed by atoms with van der Waals surface area (Å²) in [6, 6.07) is 16.2. The number of aryl methyl sites for hydroxylation is 1.